The number of aromatic nitrogens is 4. The summed E-state index contributed by atoms with van der Waals surface area (Å²) in [6.07, 6.45) is 5.13. The minimum absolute atomic E-state index is 0.202. The van der Waals surface area contributed by atoms with Crippen molar-refractivity contribution in [1.29, 1.82) is 0 Å². The van der Waals surface area contributed by atoms with Gasteiger partial charge >= 0.3 is 0 Å². The molecule has 2 aliphatic rings. The van der Waals surface area contributed by atoms with Crippen LogP contribution in [0.4, 0.5) is 5.69 Å². The third-order valence-corrected chi connectivity index (χ3v) is 5.60. The molecule has 2 saturated heterocycles. The molecule has 2 fully saturated rings. The molecular weight excluding hydrogens is 322 g/mol. The Morgan fingerprint density at radius 1 is 1.28 bits per heavy atom. The van der Waals surface area contributed by atoms with Crippen LogP contribution in [0.25, 0.3) is 5.65 Å². The van der Waals surface area contributed by atoms with Gasteiger partial charge in [-0.2, -0.15) is 9.61 Å². The van der Waals surface area contributed by atoms with Crippen LogP contribution in [0.2, 0.25) is 0 Å². The Balaban J connectivity index is 1.55. The van der Waals surface area contributed by atoms with Crippen molar-refractivity contribution in [2.45, 2.75) is 50.2 Å². The molecule has 2 N–H and O–H groups in total. The summed E-state index contributed by atoms with van der Waals surface area (Å²) >= 11 is 0. The van der Waals surface area contributed by atoms with Crippen molar-refractivity contribution < 1.29 is 14.9 Å². The molecule has 25 heavy (non-hydrogen) atoms. The zero-order chi connectivity index (χ0) is 17.5. The molecule has 1 atom stereocenters. The Morgan fingerprint density at radius 2 is 2.08 bits per heavy atom. The van der Waals surface area contributed by atoms with E-state index in [0.717, 1.165) is 49.4 Å². The van der Waals surface area contributed by atoms with E-state index in [1.807, 2.05) is 0 Å². The average Bonchev–Trinajstić information content (AvgIpc) is 3.10. The van der Waals surface area contributed by atoms with Crippen molar-refractivity contribution in [2.24, 2.45) is 0 Å². The second-order valence-electron chi connectivity index (χ2n) is 7.30. The molecular formula is C17H25N5O3. The van der Waals surface area contributed by atoms with Crippen LogP contribution in [0.5, 0.6) is 0 Å². The van der Waals surface area contributed by atoms with E-state index >= 15 is 0 Å². The molecule has 1 spiro atoms. The number of ether oxygens (including phenoxy) is 1. The van der Waals surface area contributed by atoms with Crippen LogP contribution in [0.1, 0.15) is 38.3 Å². The van der Waals surface area contributed by atoms with Crippen LogP contribution in [0.3, 0.4) is 0 Å². The number of rotatable bonds is 3. The first-order valence-electron chi connectivity index (χ1n) is 8.99. The van der Waals surface area contributed by atoms with Crippen LogP contribution >= 0.6 is 0 Å². The van der Waals surface area contributed by atoms with Gasteiger partial charge in [0.1, 0.15) is 6.33 Å². The van der Waals surface area contributed by atoms with Crippen molar-refractivity contribution in [3.8, 4) is 0 Å². The highest BCUT2D eigenvalue weighted by Crippen LogP contribution is 2.40. The topological polar surface area (TPSA) is 96.0 Å². The summed E-state index contributed by atoms with van der Waals surface area (Å²) in [4.78, 5) is 2.30. The SMILES string of the molecule is CCc1cc(N2CCC3(CC2)CC(O)(CO)CCO3)c2nncn2n1. The summed E-state index contributed by atoms with van der Waals surface area (Å²) in [5.74, 6) is 0. The molecule has 4 rings (SSSR count). The minimum Gasteiger partial charge on any atom is -0.393 e. The van der Waals surface area contributed by atoms with Crippen LogP contribution in [-0.2, 0) is 11.2 Å². The first kappa shape index (κ1) is 16.7. The molecule has 4 heterocycles. The molecule has 2 aliphatic heterocycles. The van der Waals surface area contributed by atoms with Crippen LogP contribution in [0.15, 0.2) is 12.4 Å². The van der Waals surface area contributed by atoms with Crippen LogP contribution < -0.4 is 4.90 Å². The van der Waals surface area contributed by atoms with Gasteiger partial charge in [0.05, 0.1) is 35.8 Å². The molecule has 0 radical (unpaired) electrons. The number of aryl methyl sites for hydroxylation is 1. The zero-order valence-corrected chi connectivity index (χ0v) is 14.6. The second kappa shape index (κ2) is 6.19. The Bertz CT molecular complexity index is 756. The molecule has 0 saturated carbocycles. The number of aliphatic hydroxyl groups excluding tert-OH is 1. The second-order valence-corrected chi connectivity index (χ2v) is 7.30. The number of hydrogen-bond donors (Lipinski definition) is 2. The van der Waals surface area contributed by atoms with Gasteiger partial charge in [0.15, 0.2) is 0 Å². The number of anilines is 1. The molecule has 8 nitrogen and oxygen atoms in total. The van der Waals surface area contributed by atoms with Crippen molar-refractivity contribution in [1.82, 2.24) is 19.8 Å². The molecule has 136 valence electrons. The van der Waals surface area contributed by atoms with Crippen molar-refractivity contribution in [2.75, 3.05) is 31.2 Å². The molecule has 0 aliphatic carbocycles. The summed E-state index contributed by atoms with van der Waals surface area (Å²) in [7, 11) is 0. The Hall–Kier alpha value is -1.77. The Labute approximate surface area is 146 Å². The lowest BCUT2D eigenvalue weighted by Crippen LogP contribution is -2.55. The number of hydrogen-bond acceptors (Lipinski definition) is 7. The maximum Gasteiger partial charge on any atom is 0.200 e. The van der Waals surface area contributed by atoms with Gasteiger partial charge in [0, 0.05) is 25.9 Å². The predicted octanol–water partition coefficient (Wildman–Crippen LogP) is 0.559. The molecule has 1 unspecified atom stereocenters. The lowest BCUT2D eigenvalue weighted by molar-refractivity contribution is -0.180. The predicted molar refractivity (Wildman–Crippen MR) is 91.6 cm³/mol. The van der Waals surface area contributed by atoms with E-state index < -0.39 is 5.60 Å². The molecule has 2 aromatic rings. The van der Waals surface area contributed by atoms with Crippen LogP contribution in [-0.4, -0.2) is 67.5 Å². The van der Waals surface area contributed by atoms with E-state index in [1.54, 1.807) is 10.8 Å². The van der Waals surface area contributed by atoms with E-state index in [9.17, 15) is 10.2 Å². The van der Waals surface area contributed by atoms with Crippen molar-refractivity contribution >= 4 is 11.3 Å². The number of aliphatic hydroxyl groups is 2. The number of fused-ring (bicyclic) bond motifs is 1. The quantitative estimate of drug-likeness (QED) is 0.837. The van der Waals surface area contributed by atoms with Gasteiger partial charge in [-0.1, -0.05) is 6.92 Å². The van der Waals surface area contributed by atoms with E-state index in [4.69, 9.17) is 4.74 Å². The maximum atomic E-state index is 10.5. The van der Waals surface area contributed by atoms with E-state index in [1.165, 1.54) is 0 Å². The lowest BCUT2D eigenvalue weighted by atomic mass is 9.77. The number of piperidine rings is 1. The third kappa shape index (κ3) is 2.98. The fourth-order valence-corrected chi connectivity index (χ4v) is 4.07. The van der Waals surface area contributed by atoms with Gasteiger partial charge in [-0.3, -0.25) is 0 Å². The summed E-state index contributed by atoms with van der Waals surface area (Å²) in [6, 6.07) is 2.09. The molecule has 0 aromatic carbocycles. The fraction of sp³-hybridized carbons (Fsp3) is 0.706. The molecule has 8 heteroatoms. The summed E-state index contributed by atoms with van der Waals surface area (Å²) < 4.78 is 7.80. The standard InChI is InChI=1S/C17H25N5O3/c1-2-13-9-14(15-19-18-12-22(15)20-13)21-6-3-17(4-7-21)10-16(24,11-23)5-8-25-17/h9,12,23-24H,2-8,10-11H2,1H3. The van der Waals surface area contributed by atoms with Crippen molar-refractivity contribution in [3.63, 3.8) is 0 Å². The first-order chi connectivity index (χ1) is 12.1. The Morgan fingerprint density at radius 3 is 2.80 bits per heavy atom. The summed E-state index contributed by atoms with van der Waals surface area (Å²) in [5.41, 5.74) is 1.48. The lowest BCUT2D eigenvalue weighted by Gasteiger charge is -2.49. The average molecular weight is 347 g/mol. The monoisotopic (exact) mass is 347 g/mol. The maximum absolute atomic E-state index is 10.5. The van der Waals surface area contributed by atoms with E-state index in [-0.39, 0.29) is 12.2 Å². The highest BCUT2D eigenvalue weighted by Gasteiger charge is 2.46. The van der Waals surface area contributed by atoms with Gasteiger partial charge in [-0.05, 0) is 25.3 Å². The molecule has 0 bridgehead atoms. The molecule has 0 amide bonds. The van der Waals surface area contributed by atoms with E-state index in [2.05, 4.69) is 33.2 Å². The summed E-state index contributed by atoms with van der Waals surface area (Å²) in [6.45, 7) is 4.01. The van der Waals surface area contributed by atoms with Gasteiger partial charge < -0.3 is 19.8 Å². The molecule has 2 aromatic heterocycles. The fourth-order valence-electron chi connectivity index (χ4n) is 4.07. The smallest absolute Gasteiger partial charge is 0.200 e. The Kier molecular flexibility index (Phi) is 4.13. The largest absolute Gasteiger partial charge is 0.393 e. The van der Waals surface area contributed by atoms with Gasteiger partial charge in [0.25, 0.3) is 0 Å². The van der Waals surface area contributed by atoms with Gasteiger partial charge in [-0.25, -0.2) is 0 Å². The minimum atomic E-state index is -1.01. The zero-order valence-electron chi connectivity index (χ0n) is 14.6. The van der Waals surface area contributed by atoms with Crippen molar-refractivity contribution in [3.05, 3.63) is 18.1 Å². The highest BCUT2D eigenvalue weighted by molar-refractivity contribution is 5.68. The highest BCUT2D eigenvalue weighted by atomic mass is 16.5. The van der Waals surface area contributed by atoms with Crippen LogP contribution in [0, 0.1) is 0 Å². The van der Waals surface area contributed by atoms with Gasteiger partial charge in [-0.15, -0.1) is 10.2 Å². The number of nitrogens with zero attached hydrogens (tertiary/aromatic N) is 5. The normalized spacial score (nSPS) is 26.4. The first-order valence-corrected chi connectivity index (χ1v) is 8.99. The van der Waals surface area contributed by atoms with Gasteiger partial charge in [0.2, 0.25) is 5.65 Å². The third-order valence-electron chi connectivity index (χ3n) is 5.60. The van der Waals surface area contributed by atoms with E-state index in [0.29, 0.717) is 19.4 Å². The summed E-state index contributed by atoms with van der Waals surface area (Å²) in [5, 5.41) is 32.7.